The van der Waals surface area contributed by atoms with Gasteiger partial charge in [-0.05, 0) is 72.5 Å². The first kappa shape index (κ1) is 23.0. The van der Waals surface area contributed by atoms with Crippen molar-refractivity contribution in [1.29, 1.82) is 0 Å². The molecule has 2 aliphatic rings. The van der Waals surface area contributed by atoms with Gasteiger partial charge in [-0.2, -0.15) is 0 Å². The van der Waals surface area contributed by atoms with E-state index in [4.69, 9.17) is 23.4 Å². The number of fused-ring (bicyclic) bond motifs is 3. The molecule has 0 radical (unpaired) electrons. The molecule has 3 aromatic carbocycles. The van der Waals surface area contributed by atoms with Crippen LogP contribution in [0.15, 0.2) is 57.7 Å². The summed E-state index contributed by atoms with van der Waals surface area (Å²) < 4.78 is 28.0. The van der Waals surface area contributed by atoms with E-state index in [0.717, 1.165) is 16.7 Å². The third kappa shape index (κ3) is 3.59. The molecule has 8 heteroatoms. The van der Waals surface area contributed by atoms with E-state index < -0.39 is 6.04 Å². The predicted octanol–water partition coefficient (Wildman–Crippen LogP) is 4.90. The normalized spacial score (nSPS) is 15.8. The Bertz CT molecular complexity index is 1640. The first-order chi connectivity index (χ1) is 17.9. The average molecular weight is 500 g/mol. The lowest BCUT2D eigenvalue weighted by molar-refractivity contribution is 0.0714. The highest BCUT2D eigenvalue weighted by Crippen LogP contribution is 2.42. The summed E-state index contributed by atoms with van der Waals surface area (Å²) >= 11 is 0. The highest BCUT2D eigenvalue weighted by molar-refractivity contribution is 5.99. The van der Waals surface area contributed by atoms with Crippen LogP contribution in [0.4, 0.5) is 0 Å². The molecule has 0 saturated carbocycles. The number of aryl methyl sites for hydroxylation is 2. The second-order valence-electron chi connectivity index (χ2n) is 9.24. The SMILES string of the molecule is COc1ccc(C2c3c(oc4cc(C)c(C)cc4c3=O)C(=O)N2Cc2ccc3c(c2)OCO3)cc1OC. The standard InChI is InChI=1S/C29H25NO7/c1-15-9-19-22(10-16(15)2)37-28-25(27(19)31)26(18-6-8-20(33-3)23(12-18)34-4)30(29(28)32)13-17-5-7-21-24(11-17)36-14-35-21/h5-12,26H,13-14H2,1-4H3. The van der Waals surface area contributed by atoms with Gasteiger partial charge < -0.3 is 28.3 Å². The molecule has 0 N–H and O–H groups in total. The van der Waals surface area contributed by atoms with Gasteiger partial charge in [-0.25, -0.2) is 0 Å². The molecule has 0 spiro atoms. The number of nitrogens with zero attached hydrogens (tertiary/aromatic N) is 1. The smallest absolute Gasteiger partial charge is 0.291 e. The molecule has 8 nitrogen and oxygen atoms in total. The Morgan fingerprint density at radius 1 is 0.892 bits per heavy atom. The first-order valence-corrected chi connectivity index (χ1v) is 11.9. The summed E-state index contributed by atoms with van der Waals surface area (Å²) in [5.74, 6) is 2.03. The molecule has 1 amide bonds. The van der Waals surface area contributed by atoms with Gasteiger partial charge in [0.15, 0.2) is 28.4 Å². The van der Waals surface area contributed by atoms with Crippen molar-refractivity contribution in [3.63, 3.8) is 0 Å². The largest absolute Gasteiger partial charge is 0.493 e. The summed E-state index contributed by atoms with van der Waals surface area (Å²) in [7, 11) is 3.11. The summed E-state index contributed by atoms with van der Waals surface area (Å²) in [6.07, 6.45) is 0. The number of hydrogen-bond donors (Lipinski definition) is 0. The van der Waals surface area contributed by atoms with E-state index >= 15 is 0 Å². The zero-order valence-electron chi connectivity index (χ0n) is 20.9. The van der Waals surface area contributed by atoms with Crippen LogP contribution in [0.3, 0.4) is 0 Å². The monoisotopic (exact) mass is 499 g/mol. The second kappa shape index (κ2) is 8.58. The van der Waals surface area contributed by atoms with E-state index in [1.807, 2.05) is 50.2 Å². The Labute approximate surface area is 212 Å². The van der Waals surface area contributed by atoms with Crippen molar-refractivity contribution in [1.82, 2.24) is 4.90 Å². The summed E-state index contributed by atoms with van der Waals surface area (Å²) in [4.78, 5) is 29.4. The van der Waals surface area contributed by atoms with Crippen LogP contribution in [-0.2, 0) is 6.54 Å². The number of carbonyl (C=O) groups excluding carboxylic acids is 1. The van der Waals surface area contributed by atoms with Crippen molar-refractivity contribution in [3.8, 4) is 23.0 Å². The third-order valence-corrected chi connectivity index (χ3v) is 7.10. The Kier molecular flexibility index (Phi) is 5.33. The Balaban J connectivity index is 1.54. The number of ether oxygens (including phenoxy) is 4. The molecule has 1 atom stereocenters. The van der Waals surface area contributed by atoms with E-state index in [9.17, 15) is 9.59 Å². The van der Waals surface area contributed by atoms with Gasteiger partial charge in [-0.3, -0.25) is 9.59 Å². The predicted molar refractivity (Wildman–Crippen MR) is 136 cm³/mol. The van der Waals surface area contributed by atoms with Crippen molar-refractivity contribution >= 4 is 16.9 Å². The van der Waals surface area contributed by atoms with Crippen molar-refractivity contribution in [2.24, 2.45) is 0 Å². The van der Waals surface area contributed by atoms with E-state index in [-0.39, 0.29) is 30.4 Å². The van der Waals surface area contributed by atoms with Gasteiger partial charge in [0, 0.05) is 6.54 Å². The van der Waals surface area contributed by atoms with Gasteiger partial charge in [-0.1, -0.05) is 12.1 Å². The van der Waals surface area contributed by atoms with Crippen LogP contribution in [0.5, 0.6) is 23.0 Å². The van der Waals surface area contributed by atoms with Crippen molar-refractivity contribution in [2.45, 2.75) is 26.4 Å². The van der Waals surface area contributed by atoms with E-state index in [1.54, 1.807) is 31.3 Å². The minimum atomic E-state index is -0.685. The van der Waals surface area contributed by atoms with Crippen LogP contribution in [-0.4, -0.2) is 31.8 Å². The van der Waals surface area contributed by atoms with Gasteiger partial charge in [0.25, 0.3) is 5.91 Å². The number of carbonyl (C=O) groups is 1. The molecular weight excluding hydrogens is 474 g/mol. The molecule has 6 rings (SSSR count). The molecule has 1 unspecified atom stereocenters. The van der Waals surface area contributed by atoms with Crippen LogP contribution in [0, 0.1) is 13.8 Å². The fraction of sp³-hybridized carbons (Fsp3) is 0.241. The lowest BCUT2D eigenvalue weighted by Gasteiger charge is -2.26. The maximum Gasteiger partial charge on any atom is 0.291 e. The molecule has 0 aliphatic carbocycles. The molecule has 0 fully saturated rings. The highest BCUT2D eigenvalue weighted by Gasteiger charge is 2.43. The van der Waals surface area contributed by atoms with Crippen LogP contribution in [0.2, 0.25) is 0 Å². The molecule has 37 heavy (non-hydrogen) atoms. The summed E-state index contributed by atoms with van der Waals surface area (Å²) in [5.41, 5.74) is 3.99. The number of methoxy groups -OCH3 is 2. The van der Waals surface area contributed by atoms with E-state index in [1.165, 1.54) is 0 Å². The Morgan fingerprint density at radius 2 is 1.65 bits per heavy atom. The van der Waals surface area contributed by atoms with Crippen LogP contribution >= 0.6 is 0 Å². The average Bonchev–Trinajstić information content (AvgIpc) is 3.47. The zero-order valence-corrected chi connectivity index (χ0v) is 20.9. The number of benzene rings is 3. The zero-order chi connectivity index (χ0) is 25.8. The lowest BCUT2D eigenvalue weighted by atomic mass is 9.97. The molecule has 0 saturated heterocycles. The minimum Gasteiger partial charge on any atom is -0.493 e. The summed E-state index contributed by atoms with van der Waals surface area (Å²) in [6.45, 7) is 4.28. The fourth-order valence-electron chi connectivity index (χ4n) is 5.04. The van der Waals surface area contributed by atoms with Gasteiger partial charge >= 0.3 is 0 Å². The maximum absolute atomic E-state index is 13.9. The van der Waals surface area contributed by atoms with Crippen molar-refractivity contribution < 1.29 is 28.2 Å². The number of hydrogen-bond acceptors (Lipinski definition) is 7. The van der Waals surface area contributed by atoms with E-state index in [2.05, 4.69) is 0 Å². The molecular formula is C29H25NO7. The van der Waals surface area contributed by atoms with Gasteiger partial charge in [0.05, 0.1) is 31.2 Å². The van der Waals surface area contributed by atoms with Gasteiger partial charge in [0.1, 0.15) is 5.58 Å². The Morgan fingerprint density at radius 3 is 2.43 bits per heavy atom. The topological polar surface area (TPSA) is 87.4 Å². The van der Waals surface area contributed by atoms with Crippen molar-refractivity contribution in [3.05, 3.63) is 92.3 Å². The van der Waals surface area contributed by atoms with Crippen LogP contribution < -0.4 is 24.4 Å². The van der Waals surface area contributed by atoms with E-state index in [0.29, 0.717) is 45.1 Å². The van der Waals surface area contributed by atoms with Crippen LogP contribution in [0.1, 0.15) is 44.4 Å². The molecule has 3 heterocycles. The molecule has 1 aromatic heterocycles. The lowest BCUT2D eigenvalue weighted by Crippen LogP contribution is -2.29. The first-order valence-electron chi connectivity index (χ1n) is 11.9. The highest BCUT2D eigenvalue weighted by atomic mass is 16.7. The second-order valence-corrected chi connectivity index (χ2v) is 9.24. The third-order valence-electron chi connectivity index (χ3n) is 7.10. The van der Waals surface area contributed by atoms with Crippen molar-refractivity contribution in [2.75, 3.05) is 21.0 Å². The number of rotatable bonds is 5. The van der Waals surface area contributed by atoms with Crippen LogP contribution in [0.25, 0.3) is 11.0 Å². The van der Waals surface area contributed by atoms with Gasteiger partial charge in [-0.15, -0.1) is 0 Å². The maximum atomic E-state index is 13.9. The molecule has 2 aliphatic heterocycles. The summed E-state index contributed by atoms with van der Waals surface area (Å²) in [6, 6.07) is 13.9. The molecule has 0 bridgehead atoms. The fourth-order valence-corrected chi connectivity index (χ4v) is 5.04. The van der Waals surface area contributed by atoms with Gasteiger partial charge in [0.2, 0.25) is 12.6 Å². The minimum absolute atomic E-state index is 0.0567. The Hall–Kier alpha value is -4.46. The molecule has 4 aromatic rings. The number of amides is 1. The summed E-state index contributed by atoms with van der Waals surface area (Å²) in [5, 5.41) is 0.449. The molecule has 188 valence electrons. The quantitative estimate of drug-likeness (QED) is 0.386.